The Bertz CT molecular complexity index is 335. The molecular weight excluding hydrogens is 220 g/mol. The van der Waals surface area contributed by atoms with E-state index in [1.807, 2.05) is 0 Å². The molecular formula is C16H28N2. The van der Waals surface area contributed by atoms with Crippen LogP contribution in [0.2, 0.25) is 0 Å². The van der Waals surface area contributed by atoms with Crippen molar-refractivity contribution in [1.29, 1.82) is 0 Å². The molecule has 0 spiro atoms. The van der Waals surface area contributed by atoms with Gasteiger partial charge >= 0.3 is 0 Å². The molecule has 2 N–H and O–H groups in total. The lowest BCUT2D eigenvalue weighted by Crippen LogP contribution is -2.44. The molecule has 2 nitrogen and oxygen atoms in total. The molecule has 1 atom stereocenters. The smallest absolute Gasteiger partial charge is 0.0208 e. The Hall–Kier alpha value is -0.860. The van der Waals surface area contributed by atoms with Crippen LogP contribution >= 0.6 is 0 Å². The first-order valence-electron chi connectivity index (χ1n) is 6.97. The molecule has 0 saturated heterocycles. The predicted octanol–water partition coefficient (Wildman–Crippen LogP) is 3.12. The lowest BCUT2D eigenvalue weighted by Gasteiger charge is -2.24. The van der Waals surface area contributed by atoms with Crippen LogP contribution in [0.25, 0.3) is 0 Å². The summed E-state index contributed by atoms with van der Waals surface area (Å²) in [7, 11) is 0. The van der Waals surface area contributed by atoms with Gasteiger partial charge in [-0.15, -0.1) is 0 Å². The number of benzene rings is 1. The van der Waals surface area contributed by atoms with Crippen molar-refractivity contribution in [3.8, 4) is 0 Å². The largest absolute Gasteiger partial charge is 0.311 e. The minimum absolute atomic E-state index is 0.193. The molecule has 1 aromatic rings. The monoisotopic (exact) mass is 248 g/mol. The van der Waals surface area contributed by atoms with Crippen LogP contribution in [-0.2, 0) is 13.0 Å². The lowest BCUT2D eigenvalue weighted by atomic mass is 10.1. The highest BCUT2D eigenvalue weighted by Gasteiger charge is 2.10. The third kappa shape index (κ3) is 6.18. The van der Waals surface area contributed by atoms with Gasteiger partial charge in [0.1, 0.15) is 0 Å². The molecule has 0 aliphatic carbocycles. The highest BCUT2D eigenvalue weighted by molar-refractivity contribution is 5.22. The fourth-order valence-corrected chi connectivity index (χ4v) is 1.72. The number of hydrogen-bond acceptors (Lipinski definition) is 2. The van der Waals surface area contributed by atoms with Crippen LogP contribution in [-0.4, -0.2) is 18.1 Å². The molecule has 0 aliphatic rings. The summed E-state index contributed by atoms with van der Waals surface area (Å²) in [6.07, 6.45) is 1.11. The fourth-order valence-electron chi connectivity index (χ4n) is 1.72. The quantitative estimate of drug-likeness (QED) is 0.808. The summed E-state index contributed by atoms with van der Waals surface area (Å²) in [6.45, 7) is 12.9. The molecule has 0 bridgehead atoms. The van der Waals surface area contributed by atoms with Crippen molar-refractivity contribution in [1.82, 2.24) is 10.6 Å². The topological polar surface area (TPSA) is 24.1 Å². The Kier molecular flexibility index (Phi) is 5.83. The fraction of sp³-hybridized carbons (Fsp3) is 0.625. The summed E-state index contributed by atoms with van der Waals surface area (Å²) in [6, 6.07) is 9.35. The molecule has 1 unspecified atom stereocenters. The van der Waals surface area contributed by atoms with Gasteiger partial charge in [-0.1, -0.05) is 31.2 Å². The third-order valence-electron chi connectivity index (χ3n) is 3.02. The van der Waals surface area contributed by atoms with Crippen LogP contribution in [0.15, 0.2) is 24.3 Å². The Labute approximate surface area is 112 Å². The SMILES string of the molecule is CCc1ccc(CNC(C)CNC(C)(C)C)cc1. The summed E-state index contributed by atoms with van der Waals surface area (Å²) in [5.41, 5.74) is 2.95. The van der Waals surface area contributed by atoms with E-state index in [-0.39, 0.29) is 5.54 Å². The van der Waals surface area contributed by atoms with Crippen LogP contribution in [0.4, 0.5) is 0 Å². The second-order valence-corrected chi connectivity index (χ2v) is 6.08. The first-order valence-corrected chi connectivity index (χ1v) is 6.97. The minimum Gasteiger partial charge on any atom is -0.311 e. The van der Waals surface area contributed by atoms with Crippen molar-refractivity contribution in [2.45, 2.75) is 59.2 Å². The Morgan fingerprint density at radius 1 is 1.06 bits per heavy atom. The zero-order valence-corrected chi connectivity index (χ0v) is 12.5. The number of hydrogen-bond donors (Lipinski definition) is 2. The van der Waals surface area contributed by atoms with Gasteiger partial charge in [0.2, 0.25) is 0 Å². The van der Waals surface area contributed by atoms with E-state index in [4.69, 9.17) is 0 Å². The molecule has 0 amide bonds. The lowest BCUT2D eigenvalue weighted by molar-refractivity contribution is 0.387. The number of nitrogens with one attached hydrogen (secondary N) is 2. The zero-order chi connectivity index (χ0) is 13.6. The van der Waals surface area contributed by atoms with E-state index in [2.05, 4.69) is 69.5 Å². The van der Waals surface area contributed by atoms with Crippen molar-refractivity contribution in [3.05, 3.63) is 35.4 Å². The van der Waals surface area contributed by atoms with Crippen molar-refractivity contribution < 1.29 is 0 Å². The van der Waals surface area contributed by atoms with Gasteiger partial charge in [0.05, 0.1) is 0 Å². The van der Waals surface area contributed by atoms with Crippen molar-refractivity contribution >= 4 is 0 Å². The summed E-state index contributed by atoms with van der Waals surface area (Å²) in [5.74, 6) is 0. The molecule has 1 rings (SSSR count). The summed E-state index contributed by atoms with van der Waals surface area (Å²) in [5, 5.41) is 7.06. The van der Waals surface area contributed by atoms with Gasteiger partial charge in [-0.2, -0.15) is 0 Å². The van der Waals surface area contributed by atoms with E-state index in [0.29, 0.717) is 6.04 Å². The normalized spacial score (nSPS) is 13.6. The van der Waals surface area contributed by atoms with Gasteiger partial charge in [-0.3, -0.25) is 0 Å². The van der Waals surface area contributed by atoms with E-state index in [0.717, 1.165) is 19.5 Å². The van der Waals surface area contributed by atoms with E-state index >= 15 is 0 Å². The molecule has 0 saturated carbocycles. The standard InChI is InChI=1S/C16H28N2/c1-6-14-7-9-15(10-8-14)12-17-13(2)11-18-16(3,4)5/h7-10,13,17-18H,6,11-12H2,1-5H3. The van der Waals surface area contributed by atoms with E-state index < -0.39 is 0 Å². The maximum absolute atomic E-state index is 3.55. The highest BCUT2D eigenvalue weighted by Crippen LogP contribution is 2.05. The molecule has 0 aromatic heterocycles. The molecule has 0 aliphatic heterocycles. The molecule has 0 fully saturated rings. The van der Waals surface area contributed by atoms with Crippen LogP contribution in [0.1, 0.15) is 45.7 Å². The highest BCUT2D eigenvalue weighted by atomic mass is 15.0. The van der Waals surface area contributed by atoms with Crippen molar-refractivity contribution in [2.24, 2.45) is 0 Å². The van der Waals surface area contributed by atoms with Crippen LogP contribution in [0, 0.1) is 0 Å². The summed E-state index contributed by atoms with van der Waals surface area (Å²) < 4.78 is 0. The first kappa shape index (κ1) is 15.2. The molecule has 0 heterocycles. The second-order valence-electron chi connectivity index (χ2n) is 6.08. The first-order chi connectivity index (χ1) is 8.40. The minimum atomic E-state index is 0.193. The summed E-state index contributed by atoms with van der Waals surface area (Å²) >= 11 is 0. The average molecular weight is 248 g/mol. The maximum atomic E-state index is 3.55. The predicted molar refractivity (Wildman–Crippen MR) is 79.9 cm³/mol. The summed E-state index contributed by atoms with van der Waals surface area (Å²) in [4.78, 5) is 0. The van der Waals surface area contributed by atoms with E-state index in [1.54, 1.807) is 0 Å². The van der Waals surface area contributed by atoms with E-state index in [9.17, 15) is 0 Å². The Morgan fingerprint density at radius 3 is 2.11 bits per heavy atom. The molecule has 0 radical (unpaired) electrons. The zero-order valence-electron chi connectivity index (χ0n) is 12.5. The van der Waals surface area contributed by atoms with E-state index in [1.165, 1.54) is 11.1 Å². The second kappa shape index (κ2) is 6.91. The molecule has 18 heavy (non-hydrogen) atoms. The molecule has 2 heteroatoms. The van der Waals surface area contributed by atoms with Gasteiger partial charge in [0.25, 0.3) is 0 Å². The van der Waals surface area contributed by atoms with Crippen molar-refractivity contribution in [2.75, 3.05) is 6.54 Å². The Morgan fingerprint density at radius 2 is 1.61 bits per heavy atom. The van der Waals surface area contributed by atoms with Gasteiger partial charge in [-0.25, -0.2) is 0 Å². The third-order valence-corrected chi connectivity index (χ3v) is 3.02. The molecule has 102 valence electrons. The van der Waals surface area contributed by atoms with Gasteiger partial charge in [-0.05, 0) is 45.2 Å². The average Bonchev–Trinajstić information content (AvgIpc) is 2.33. The van der Waals surface area contributed by atoms with Crippen molar-refractivity contribution in [3.63, 3.8) is 0 Å². The number of aryl methyl sites for hydroxylation is 1. The maximum Gasteiger partial charge on any atom is 0.0208 e. The van der Waals surface area contributed by atoms with Crippen LogP contribution < -0.4 is 10.6 Å². The van der Waals surface area contributed by atoms with Gasteiger partial charge < -0.3 is 10.6 Å². The van der Waals surface area contributed by atoms with Gasteiger partial charge in [0, 0.05) is 24.7 Å². The van der Waals surface area contributed by atoms with Crippen LogP contribution in [0.3, 0.4) is 0 Å². The van der Waals surface area contributed by atoms with Gasteiger partial charge in [0.15, 0.2) is 0 Å². The Balaban J connectivity index is 2.31. The van der Waals surface area contributed by atoms with Crippen LogP contribution in [0.5, 0.6) is 0 Å². The number of rotatable bonds is 6. The molecule has 1 aromatic carbocycles.